The van der Waals surface area contributed by atoms with Crippen molar-refractivity contribution in [1.82, 2.24) is 9.55 Å². The summed E-state index contributed by atoms with van der Waals surface area (Å²) in [5.74, 6) is 1.17. The first-order valence-electron chi connectivity index (χ1n) is 16.0. The zero-order valence-corrected chi connectivity index (χ0v) is 27.1. The first-order valence-corrected chi connectivity index (χ1v) is 17.0. The Morgan fingerprint density at radius 1 is 0.844 bits per heavy atom. The quantitative estimate of drug-likeness (QED) is 0.114. The van der Waals surface area contributed by atoms with E-state index in [0.29, 0.717) is 5.56 Å². The molecule has 0 saturated carbocycles. The molecule has 0 amide bonds. The van der Waals surface area contributed by atoms with Gasteiger partial charge in [-0.25, -0.2) is 4.79 Å². The van der Waals surface area contributed by atoms with E-state index in [-0.39, 0.29) is 17.8 Å². The lowest BCUT2D eigenvalue weighted by Gasteiger charge is -2.35. The second kappa shape index (κ2) is 17.3. The van der Waals surface area contributed by atoms with Gasteiger partial charge in [0.25, 0.3) is 5.56 Å². The van der Waals surface area contributed by atoms with Crippen LogP contribution in [0.5, 0.6) is 0 Å². The minimum Gasteiger partial charge on any atom is -0.394 e. The maximum Gasteiger partial charge on any atom is 0.330 e. The van der Waals surface area contributed by atoms with Crippen LogP contribution in [0.1, 0.15) is 80.4 Å². The number of thioether (sulfide) groups is 1. The maximum atomic E-state index is 11.6. The molecule has 1 fully saturated rings. The minimum atomic E-state index is -0.816. The first kappa shape index (κ1) is 34.4. The molecule has 0 radical (unpaired) electrons. The summed E-state index contributed by atoms with van der Waals surface area (Å²) >= 11 is 2.09. The fraction of sp³-hybridized carbons (Fsp3) is 0.405. The molecule has 0 bridgehead atoms. The number of aryl methyl sites for hydroxylation is 1. The number of aromatic nitrogens is 2. The summed E-state index contributed by atoms with van der Waals surface area (Å²) in [4.78, 5) is 24.9. The third kappa shape index (κ3) is 8.85. The molecule has 0 unspecified atom stereocenters. The highest BCUT2D eigenvalue weighted by Crippen LogP contribution is 2.48. The Morgan fingerprint density at radius 3 is 1.84 bits per heavy atom. The number of ether oxygens (including phenoxy) is 1. The molecule has 5 rings (SSSR count). The van der Waals surface area contributed by atoms with E-state index in [1.807, 2.05) is 0 Å². The summed E-state index contributed by atoms with van der Waals surface area (Å²) in [6, 6.07) is 33.1. The number of nitrogens with one attached hydrogen (secondary N) is 1. The van der Waals surface area contributed by atoms with Crippen molar-refractivity contribution in [2.75, 3.05) is 12.4 Å². The largest absolute Gasteiger partial charge is 0.394 e. The number of H-pyrrole nitrogens is 1. The van der Waals surface area contributed by atoms with Gasteiger partial charge < -0.3 is 14.9 Å². The molecule has 3 N–H and O–H groups in total. The van der Waals surface area contributed by atoms with Crippen LogP contribution in [0.2, 0.25) is 0 Å². The number of benzene rings is 3. The molecule has 4 aromatic rings. The monoisotopic (exact) mass is 630 g/mol. The number of unbranched alkanes of at least 4 members (excludes halogenated alkanes) is 5. The lowest BCUT2D eigenvalue weighted by Crippen LogP contribution is -2.33. The zero-order chi connectivity index (χ0) is 32.1. The summed E-state index contributed by atoms with van der Waals surface area (Å²) in [7, 11) is 0. The van der Waals surface area contributed by atoms with E-state index in [2.05, 4.69) is 115 Å². The average Bonchev–Trinajstić information content (AvgIpc) is 3.46. The van der Waals surface area contributed by atoms with Crippen LogP contribution < -0.4 is 11.2 Å². The summed E-state index contributed by atoms with van der Waals surface area (Å²) in [5, 5.41) is 18.5. The molecule has 45 heavy (non-hydrogen) atoms. The van der Waals surface area contributed by atoms with E-state index in [1.54, 1.807) is 6.92 Å². The molecule has 3 atom stereocenters. The Kier molecular flexibility index (Phi) is 13.3. The third-order valence-electron chi connectivity index (χ3n) is 8.20. The summed E-state index contributed by atoms with van der Waals surface area (Å²) in [6.45, 7) is 3.54. The molecule has 0 spiro atoms. The van der Waals surface area contributed by atoms with Crippen molar-refractivity contribution >= 4 is 11.8 Å². The number of hydrogen-bond donors (Lipinski definition) is 3. The average molecular weight is 631 g/mol. The van der Waals surface area contributed by atoms with Crippen molar-refractivity contribution in [3.63, 3.8) is 0 Å². The number of aliphatic hydroxyl groups is 2. The highest BCUT2D eigenvalue weighted by molar-refractivity contribution is 8.00. The Hall–Kier alpha value is -3.43. The van der Waals surface area contributed by atoms with E-state index in [0.717, 1.165) is 0 Å². The van der Waals surface area contributed by atoms with Crippen LogP contribution in [0, 0.1) is 6.92 Å². The van der Waals surface area contributed by atoms with Crippen molar-refractivity contribution in [2.24, 2.45) is 0 Å². The van der Waals surface area contributed by atoms with Crippen molar-refractivity contribution in [3.05, 3.63) is 140 Å². The van der Waals surface area contributed by atoms with E-state index in [4.69, 9.17) is 9.84 Å². The van der Waals surface area contributed by atoms with Gasteiger partial charge in [-0.05, 0) is 35.8 Å². The number of hydrogen-bond acceptors (Lipinski definition) is 6. The fourth-order valence-electron chi connectivity index (χ4n) is 5.73. The second-order valence-electron chi connectivity index (χ2n) is 11.5. The van der Waals surface area contributed by atoms with Crippen LogP contribution in [0.4, 0.5) is 0 Å². The number of nitrogens with zero attached hydrogens (tertiary/aromatic N) is 1. The summed E-state index contributed by atoms with van der Waals surface area (Å²) in [5.41, 5.74) is 3.45. The Morgan fingerprint density at radius 2 is 1.36 bits per heavy atom. The molecule has 240 valence electrons. The number of aromatic amines is 1. The molecule has 7 nitrogen and oxygen atoms in total. The van der Waals surface area contributed by atoms with Gasteiger partial charge >= 0.3 is 5.69 Å². The minimum absolute atomic E-state index is 0.160. The van der Waals surface area contributed by atoms with E-state index < -0.39 is 29.7 Å². The molecule has 2 heterocycles. The van der Waals surface area contributed by atoms with Gasteiger partial charge in [-0.15, -0.1) is 11.8 Å². The summed E-state index contributed by atoms with van der Waals surface area (Å²) < 4.78 is 6.38. The van der Waals surface area contributed by atoms with Gasteiger partial charge in [0.1, 0.15) is 12.3 Å². The van der Waals surface area contributed by atoms with Crippen LogP contribution in [-0.2, 0) is 9.48 Å². The van der Waals surface area contributed by atoms with Crippen LogP contribution >= 0.6 is 11.8 Å². The van der Waals surface area contributed by atoms with Crippen molar-refractivity contribution in [1.29, 1.82) is 0 Å². The van der Waals surface area contributed by atoms with Gasteiger partial charge in [-0.3, -0.25) is 14.3 Å². The number of rotatable bonds is 13. The molecule has 1 aromatic heterocycles. The molecule has 1 aliphatic heterocycles. The molecular formula is C37H46N2O5S. The van der Waals surface area contributed by atoms with Gasteiger partial charge in [-0.1, -0.05) is 130 Å². The SMILES string of the molecule is CCCCCCCCSC(c1ccccc1)(c1ccccc1)c1ccccc1.Cc1cn([C@H]2C[C@H](O)[C@@H](CO)O2)c(=O)[nH]c1=O. The molecule has 0 aliphatic carbocycles. The van der Waals surface area contributed by atoms with Crippen LogP contribution in [-0.4, -0.2) is 44.3 Å². The highest BCUT2D eigenvalue weighted by atomic mass is 32.2. The first-order chi connectivity index (χ1) is 21.9. The van der Waals surface area contributed by atoms with Crippen molar-refractivity contribution in [3.8, 4) is 0 Å². The topological polar surface area (TPSA) is 105 Å². The molecule has 3 aromatic carbocycles. The van der Waals surface area contributed by atoms with Crippen molar-refractivity contribution < 1.29 is 14.9 Å². The van der Waals surface area contributed by atoms with E-state index in [9.17, 15) is 14.7 Å². The Labute approximate surface area is 270 Å². The second-order valence-corrected chi connectivity index (χ2v) is 12.8. The van der Waals surface area contributed by atoms with Gasteiger partial charge in [0.05, 0.1) is 17.5 Å². The smallest absolute Gasteiger partial charge is 0.330 e. The van der Waals surface area contributed by atoms with E-state index >= 15 is 0 Å². The van der Waals surface area contributed by atoms with Crippen LogP contribution in [0.3, 0.4) is 0 Å². The maximum absolute atomic E-state index is 11.6. The molecule has 1 aliphatic rings. The highest BCUT2D eigenvalue weighted by Gasteiger charge is 2.37. The molecule has 8 heteroatoms. The van der Waals surface area contributed by atoms with Crippen LogP contribution in [0.25, 0.3) is 0 Å². The summed E-state index contributed by atoms with van der Waals surface area (Å²) in [6.07, 6.45) is 7.46. The Balaban J connectivity index is 0.000000231. The predicted octanol–water partition coefficient (Wildman–Crippen LogP) is 6.56. The van der Waals surface area contributed by atoms with Crippen LogP contribution in [0.15, 0.2) is 107 Å². The fourth-order valence-corrected chi connectivity index (χ4v) is 7.29. The van der Waals surface area contributed by atoms with Gasteiger partial charge in [0, 0.05) is 18.2 Å². The molecular weight excluding hydrogens is 584 g/mol. The lowest BCUT2D eigenvalue weighted by atomic mass is 9.84. The third-order valence-corrected chi connectivity index (χ3v) is 9.83. The molecule has 1 saturated heterocycles. The lowest BCUT2D eigenvalue weighted by molar-refractivity contribution is -0.0459. The van der Waals surface area contributed by atoms with Crippen molar-refractivity contribution in [2.45, 2.75) is 82.0 Å². The normalized spacial score (nSPS) is 17.9. The van der Waals surface area contributed by atoms with Gasteiger partial charge in [-0.2, -0.15) is 0 Å². The standard InChI is InChI=1S/C27H32S.C10H14N2O5/c1-2-3-4-5-6-16-23-28-27(24-17-10-7-11-18-24,25-19-12-8-13-20-25)26-21-14-9-15-22-26;1-5-3-12(10(16)11-9(5)15)8-2-6(14)7(4-13)17-8/h7-15,17-22H,2-6,16,23H2,1H3;3,6-8,13-14H,2,4H2,1H3,(H,11,15,16)/t;6-,7+,8+/m.0/s1. The zero-order valence-electron chi connectivity index (χ0n) is 26.3. The van der Waals surface area contributed by atoms with Gasteiger partial charge in [0.2, 0.25) is 0 Å². The number of aliphatic hydroxyl groups excluding tert-OH is 2. The van der Waals surface area contributed by atoms with Gasteiger partial charge in [0.15, 0.2) is 0 Å². The Bertz CT molecular complexity index is 1450. The van der Waals surface area contributed by atoms with E-state index in [1.165, 1.54) is 71.7 Å². The predicted molar refractivity (Wildman–Crippen MR) is 183 cm³/mol.